The number of rotatable bonds is 10. The summed E-state index contributed by atoms with van der Waals surface area (Å²) in [6.07, 6.45) is 3.53. The Labute approximate surface area is 221 Å². The zero-order chi connectivity index (χ0) is 26.2. The average molecular weight is 536 g/mol. The van der Waals surface area contributed by atoms with Gasteiger partial charge in [-0.15, -0.1) is 22.7 Å². The Kier molecular flexibility index (Phi) is 10.2. The van der Waals surface area contributed by atoms with E-state index in [0.717, 1.165) is 28.4 Å². The maximum absolute atomic E-state index is 13.3. The van der Waals surface area contributed by atoms with Crippen LogP contribution in [0.3, 0.4) is 0 Å². The molecule has 9 nitrogen and oxygen atoms in total. The molecule has 198 valence electrons. The van der Waals surface area contributed by atoms with Crippen molar-refractivity contribution in [3.63, 3.8) is 0 Å². The number of urea groups is 1. The Morgan fingerprint density at radius 1 is 1.19 bits per heavy atom. The van der Waals surface area contributed by atoms with E-state index in [-0.39, 0.29) is 36.4 Å². The van der Waals surface area contributed by atoms with Crippen LogP contribution >= 0.6 is 22.7 Å². The number of amides is 3. The Hall–Kier alpha value is -2.53. The van der Waals surface area contributed by atoms with E-state index >= 15 is 0 Å². The largest absolute Gasteiger partial charge is 0.460 e. The summed E-state index contributed by atoms with van der Waals surface area (Å²) in [4.78, 5) is 51.2. The molecule has 2 aromatic rings. The highest BCUT2D eigenvalue weighted by molar-refractivity contribution is 7.09. The number of piperidine rings is 1. The minimum atomic E-state index is -0.609. The van der Waals surface area contributed by atoms with Crippen molar-refractivity contribution in [2.45, 2.75) is 72.1 Å². The third-order valence-electron chi connectivity index (χ3n) is 6.26. The number of thiazole rings is 2. The van der Waals surface area contributed by atoms with Crippen LogP contribution in [0.5, 0.6) is 0 Å². The van der Waals surface area contributed by atoms with Crippen molar-refractivity contribution in [2.24, 2.45) is 11.8 Å². The molecule has 0 aromatic carbocycles. The van der Waals surface area contributed by atoms with Crippen LogP contribution in [0.4, 0.5) is 4.79 Å². The minimum Gasteiger partial charge on any atom is -0.460 e. The summed E-state index contributed by atoms with van der Waals surface area (Å²) in [5.41, 5.74) is 2.56. The van der Waals surface area contributed by atoms with Crippen molar-refractivity contribution in [3.05, 3.63) is 32.7 Å². The quantitative estimate of drug-likeness (QED) is 0.456. The number of nitrogens with one attached hydrogen (secondary N) is 1. The SMILES string of the molecule is CC(C)c1nc(CN(C)C(=O)NC(C(=O)N2CCC(CC(=O)OCc3cncs3)CC2)C(C)C)cs1. The van der Waals surface area contributed by atoms with E-state index in [1.165, 1.54) is 11.3 Å². The third kappa shape index (κ3) is 7.99. The number of likely N-dealkylation sites (tertiary alicyclic amines) is 1. The Morgan fingerprint density at radius 2 is 1.92 bits per heavy atom. The van der Waals surface area contributed by atoms with E-state index in [4.69, 9.17) is 4.74 Å². The Bertz CT molecular complexity index is 1000. The molecule has 1 fully saturated rings. The van der Waals surface area contributed by atoms with Crippen LogP contribution in [0, 0.1) is 11.8 Å². The van der Waals surface area contributed by atoms with Crippen LogP contribution in [0.1, 0.15) is 68.5 Å². The molecule has 0 saturated carbocycles. The van der Waals surface area contributed by atoms with Crippen molar-refractivity contribution in [1.29, 1.82) is 0 Å². The van der Waals surface area contributed by atoms with Gasteiger partial charge in [0.2, 0.25) is 5.91 Å². The highest BCUT2D eigenvalue weighted by atomic mass is 32.1. The number of aromatic nitrogens is 2. The maximum Gasteiger partial charge on any atom is 0.318 e. The molecular formula is C25H37N5O4S2. The first-order chi connectivity index (χ1) is 17.1. The first-order valence-corrected chi connectivity index (χ1v) is 14.2. The summed E-state index contributed by atoms with van der Waals surface area (Å²) in [5, 5.41) is 5.95. The molecule has 0 bridgehead atoms. The highest BCUT2D eigenvalue weighted by Crippen LogP contribution is 2.23. The molecule has 0 spiro atoms. The van der Waals surface area contributed by atoms with Gasteiger partial charge in [0.15, 0.2) is 0 Å². The van der Waals surface area contributed by atoms with Gasteiger partial charge in [-0.05, 0) is 24.7 Å². The van der Waals surface area contributed by atoms with Crippen LogP contribution in [0.15, 0.2) is 17.1 Å². The molecule has 3 rings (SSSR count). The molecule has 1 atom stereocenters. The van der Waals surface area contributed by atoms with Gasteiger partial charge in [0.05, 0.1) is 27.6 Å². The highest BCUT2D eigenvalue weighted by Gasteiger charge is 2.32. The van der Waals surface area contributed by atoms with Gasteiger partial charge in [0, 0.05) is 44.1 Å². The summed E-state index contributed by atoms with van der Waals surface area (Å²) >= 11 is 3.06. The van der Waals surface area contributed by atoms with Gasteiger partial charge in [-0.1, -0.05) is 27.7 Å². The van der Waals surface area contributed by atoms with E-state index in [1.807, 2.05) is 19.2 Å². The Morgan fingerprint density at radius 3 is 2.50 bits per heavy atom. The molecule has 1 N–H and O–H groups in total. The summed E-state index contributed by atoms with van der Waals surface area (Å²) in [6.45, 7) is 9.83. The van der Waals surface area contributed by atoms with E-state index in [9.17, 15) is 14.4 Å². The number of carbonyl (C=O) groups is 3. The summed E-state index contributed by atoms with van der Waals surface area (Å²) in [5.74, 6) is 0.193. The Balaban J connectivity index is 1.46. The molecular weight excluding hydrogens is 498 g/mol. The van der Waals surface area contributed by atoms with Gasteiger partial charge in [0.1, 0.15) is 12.6 Å². The number of nitrogens with zero attached hydrogens (tertiary/aromatic N) is 4. The smallest absolute Gasteiger partial charge is 0.318 e. The molecule has 1 saturated heterocycles. The van der Waals surface area contributed by atoms with E-state index in [2.05, 4.69) is 29.1 Å². The van der Waals surface area contributed by atoms with E-state index in [1.54, 1.807) is 39.9 Å². The molecule has 0 radical (unpaired) electrons. The second-order valence-electron chi connectivity index (χ2n) is 9.96. The van der Waals surface area contributed by atoms with Crippen molar-refractivity contribution in [3.8, 4) is 0 Å². The first-order valence-electron chi connectivity index (χ1n) is 12.4. The minimum absolute atomic E-state index is 0.0545. The fraction of sp³-hybridized carbons (Fsp3) is 0.640. The van der Waals surface area contributed by atoms with Crippen molar-refractivity contribution in [2.75, 3.05) is 20.1 Å². The van der Waals surface area contributed by atoms with Gasteiger partial charge >= 0.3 is 12.0 Å². The van der Waals surface area contributed by atoms with E-state index < -0.39 is 6.04 Å². The molecule has 36 heavy (non-hydrogen) atoms. The zero-order valence-electron chi connectivity index (χ0n) is 21.7. The average Bonchev–Trinajstić information content (AvgIpc) is 3.53. The molecule has 1 aliphatic heterocycles. The van der Waals surface area contributed by atoms with Crippen LogP contribution in [-0.4, -0.2) is 63.9 Å². The van der Waals surface area contributed by atoms with Gasteiger partial charge < -0.3 is 19.9 Å². The van der Waals surface area contributed by atoms with Crippen molar-refractivity contribution >= 4 is 40.6 Å². The first kappa shape index (κ1) is 28.0. The fourth-order valence-corrected chi connectivity index (χ4v) is 5.38. The third-order valence-corrected chi connectivity index (χ3v) is 8.21. The van der Waals surface area contributed by atoms with Gasteiger partial charge in [-0.2, -0.15) is 0 Å². The lowest BCUT2D eigenvalue weighted by Gasteiger charge is -2.35. The number of hydrogen-bond donors (Lipinski definition) is 1. The molecule has 2 aromatic heterocycles. The zero-order valence-corrected chi connectivity index (χ0v) is 23.4. The molecule has 11 heteroatoms. The number of hydrogen-bond acceptors (Lipinski definition) is 8. The standard InChI is InChI=1S/C25H37N5O4S2/c1-16(2)22(28-25(33)29(5)12-19-14-35-23(27-19)17(3)4)24(32)30-8-6-18(7-9-30)10-21(31)34-13-20-11-26-15-36-20/h11,14-18,22H,6-10,12-13H2,1-5H3,(H,28,33). The number of carbonyl (C=O) groups excluding carboxylic acids is 3. The lowest BCUT2D eigenvalue weighted by molar-refractivity contribution is -0.146. The monoisotopic (exact) mass is 535 g/mol. The molecule has 3 amide bonds. The number of ether oxygens (including phenoxy) is 1. The van der Waals surface area contributed by atoms with Crippen molar-refractivity contribution in [1.82, 2.24) is 25.1 Å². The van der Waals surface area contributed by atoms with Crippen LogP contribution in [0.2, 0.25) is 0 Å². The summed E-state index contributed by atoms with van der Waals surface area (Å²) in [6, 6.07) is -0.901. The summed E-state index contributed by atoms with van der Waals surface area (Å²) < 4.78 is 5.35. The van der Waals surface area contributed by atoms with E-state index in [0.29, 0.717) is 32.0 Å². The number of esters is 1. The molecule has 3 heterocycles. The molecule has 1 unspecified atom stereocenters. The van der Waals surface area contributed by atoms with Crippen LogP contribution in [0.25, 0.3) is 0 Å². The maximum atomic E-state index is 13.3. The predicted octanol–water partition coefficient (Wildman–Crippen LogP) is 4.26. The lowest BCUT2D eigenvalue weighted by Crippen LogP contribution is -2.55. The normalized spacial score (nSPS) is 15.2. The fourth-order valence-electron chi connectivity index (χ4n) is 4.05. The summed E-state index contributed by atoms with van der Waals surface area (Å²) in [7, 11) is 1.71. The molecule has 0 aliphatic carbocycles. The topological polar surface area (TPSA) is 105 Å². The van der Waals surface area contributed by atoms with Crippen LogP contribution < -0.4 is 5.32 Å². The second kappa shape index (κ2) is 13.1. The van der Waals surface area contributed by atoms with Gasteiger partial charge in [-0.3, -0.25) is 14.6 Å². The molecule has 1 aliphatic rings. The lowest BCUT2D eigenvalue weighted by atomic mass is 9.92. The van der Waals surface area contributed by atoms with Gasteiger partial charge in [-0.25, -0.2) is 9.78 Å². The predicted molar refractivity (Wildman–Crippen MR) is 141 cm³/mol. The van der Waals surface area contributed by atoms with Gasteiger partial charge in [0.25, 0.3) is 0 Å². The van der Waals surface area contributed by atoms with Crippen LogP contribution in [-0.2, 0) is 27.5 Å². The second-order valence-corrected chi connectivity index (χ2v) is 11.8. The van der Waals surface area contributed by atoms with Crippen molar-refractivity contribution < 1.29 is 19.1 Å².